The fourth-order valence-corrected chi connectivity index (χ4v) is 3.85. The molecular weight excluding hydrogens is 242 g/mol. The zero-order valence-electron chi connectivity index (χ0n) is 13.9. The fraction of sp³-hybridized carbons (Fsp3) is 0.737. The average molecular weight is 273 g/mol. The van der Waals surface area contributed by atoms with Gasteiger partial charge in [0.05, 0.1) is 0 Å². The first-order valence-corrected chi connectivity index (χ1v) is 8.20. The molecule has 0 aromatic carbocycles. The first-order chi connectivity index (χ1) is 9.29. The van der Waals surface area contributed by atoms with Crippen LogP contribution in [0, 0.1) is 17.3 Å². The molecule has 1 aromatic heterocycles. The van der Waals surface area contributed by atoms with Crippen molar-refractivity contribution in [1.82, 2.24) is 4.98 Å². The van der Waals surface area contributed by atoms with Crippen molar-refractivity contribution >= 4 is 0 Å². The second-order valence-electron chi connectivity index (χ2n) is 8.40. The molecule has 1 aliphatic rings. The number of hydrogen-bond donors (Lipinski definition) is 0. The van der Waals surface area contributed by atoms with Crippen molar-refractivity contribution < 1.29 is 0 Å². The summed E-state index contributed by atoms with van der Waals surface area (Å²) in [6.45, 7) is 11.9. The molecule has 0 radical (unpaired) electrons. The topological polar surface area (TPSA) is 12.9 Å². The SMILES string of the molecule is CC(C)(CC1CCCC(C(C)(C)C)C1)c1ccccn1. The van der Waals surface area contributed by atoms with E-state index < -0.39 is 0 Å². The number of aromatic nitrogens is 1. The first kappa shape index (κ1) is 15.5. The molecule has 0 saturated heterocycles. The molecule has 1 aromatic rings. The maximum Gasteiger partial charge on any atom is 0.0459 e. The Hall–Kier alpha value is -0.850. The van der Waals surface area contributed by atoms with Crippen LogP contribution >= 0.6 is 0 Å². The molecule has 1 aliphatic carbocycles. The van der Waals surface area contributed by atoms with E-state index in [1.54, 1.807) is 0 Å². The lowest BCUT2D eigenvalue weighted by Gasteiger charge is -2.40. The number of rotatable bonds is 3. The molecule has 2 atom stereocenters. The van der Waals surface area contributed by atoms with Gasteiger partial charge in [0.2, 0.25) is 0 Å². The van der Waals surface area contributed by atoms with Gasteiger partial charge in [-0.2, -0.15) is 0 Å². The molecule has 1 nitrogen and oxygen atoms in total. The van der Waals surface area contributed by atoms with Crippen molar-refractivity contribution in [1.29, 1.82) is 0 Å². The van der Waals surface area contributed by atoms with Crippen LogP contribution < -0.4 is 0 Å². The highest BCUT2D eigenvalue weighted by atomic mass is 14.7. The quantitative estimate of drug-likeness (QED) is 0.698. The predicted molar refractivity (Wildman–Crippen MR) is 86.8 cm³/mol. The van der Waals surface area contributed by atoms with Crippen LogP contribution in [0.15, 0.2) is 24.4 Å². The molecule has 112 valence electrons. The average Bonchev–Trinajstić information content (AvgIpc) is 2.38. The van der Waals surface area contributed by atoms with Crippen LogP contribution in [0.3, 0.4) is 0 Å². The van der Waals surface area contributed by atoms with Gasteiger partial charge in [-0.05, 0) is 48.6 Å². The molecule has 0 spiro atoms. The number of nitrogens with zero attached hydrogens (tertiary/aromatic N) is 1. The molecule has 0 aliphatic heterocycles. The molecule has 2 unspecified atom stereocenters. The van der Waals surface area contributed by atoms with Gasteiger partial charge >= 0.3 is 0 Å². The van der Waals surface area contributed by atoms with E-state index in [9.17, 15) is 0 Å². The minimum atomic E-state index is 0.200. The van der Waals surface area contributed by atoms with E-state index in [1.165, 1.54) is 37.8 Å². The molecule has 1 heterocycles. The minimum Gasteiger partial charge on any atom is -0.261 e. The van der Waals surface area contributed by atoms with E-state index in [4.69, 9.17) is 0 Å². The van der Waals surface area contributed by atoms with Crippen LogP contribution in [0.25, 0.3) is 0 Å². The van der Waals surface area contributed by atoms with Crippen LogP contribution in [0.4, 0.5) is 0 Å². The van der Waals surface area contributed by atoms with Crippen molar-refractivity contribution in [3.05, 3.63) is 30.1 Å². The summed E-state index contributed by atoms with van der Waals surface area (Å²) in [5.74, 6) is 1.76. The molecule has 2 rings (SSSR count). The van der Waals surface area contributed by atoms with E-state index >= 15 is 0 Å². The van der Waals surface area contributed by atoms with Crippen molar-refractivity contribution in [2.24, 2.45) is 17.3 Å². The molecule has 0 amide bonds. The van der Waals surface area contributed by atoms with Gasteiger partial charge in [0, 0.05) is 17.3 Å². The summed E-state index contributed by atoms with van der Waals surface area (Å²) < 4.78 is 0. The summed E-state index contributed by atoms with van der Waals surface area (Å²) in [6, 6.07) is 6.31. The summed E-state index contributed by atoms with van der Waals surface area (Å²) in [5, 5.41) is 0. The third-order valence-electron chi connectivity index (χ3n) is 5.16. The van der Waals surface area contributed by atoms with Crippen molar-refractivity contribution in [3.63, 3.8) is 0 Å². The van der Waals surface area contributed by atoms with Gasteiger partial charge in [-0.3, -0.25) is 4.98 Å². The fourth-order valence-electron chi connectivity index (χ4n) is 3.85. The number of hydrogen-bond acceptors (Lipinski definition) is 1. The maximum atomic E-state index is 4.58. The molecule has 20 heavy (non-hydrogen) atoms. The first-order valence-electron chi connectivity index (χ1n) is 8.20. The Bertz CT molecular complexity index is 413. The van der Waals surface area contributed by atoms with Gasteiger partial charge in [-0.1, -0.05) is 53.5 Å². The van der Waals surface area contributed by atoms with Crippen molar-refractivity contribution in [2.75, 3.05) is 0 Å². The lowest BCUT2D eigenvalue weighted by atomic mass is 9.66. The van der Waals surface area contributed by atoms with Gasteiger partial charge < -0.3 is 0 Å². The lowest BCUT2D eigenvalue weighted by Crippen LogP contribution is -2.30. The summed E-state index contributed by atoms with van der Waals surface area (Å²) in [4.78, 5) is 4.58. The summed E-state index contributed by atoms with van der Waals surface area (Å²) >= 11 is 0. The molecule has 1 saturated carbocycles. The third kappa shape index (κ3) is 3.84. The van der Waals surface area contributed by atoms with Gasteiger partial charge in [0.15, 0.2) is 0 Å². The highest BCUT2D eigenvalue weighted by molar-refractivity contribution is 5.14. The third-order valence-corrected chi connectivity index (χ3v) is 5.16. The van der Waals surface area contributed by atoms with E-state index in [0.29, 0.717) is 5.41 Å². The van der Waals surface area contributed by atoms with E-state index in [0.717, 1.165) is 11.8 Å². The normalized spacial score (nSPS) is 24.6. The van der Waals surface area contributed by atoms with Crippen molar-refractivity contribution in [3.8, 4) is 0 Å². The standard InChI is InChI=1S/C19H31N/c1-18(2,3)16-10-8-9-15(13-16)14-19(4,5)17-11-6-7-12-20-17/h6-7,11-12,15-16H,8-10,13-14H2,1-5H3. The van der Waals surface area contributed by atoms with Crippen LogP contribution in [-0.2, 0) is 5.41 Å². The summed E-state index contributed by atoms with van der Waals surface area (Å²) in [6.07, 6.45) is 8.84. The highest BCUT2D eigenvalue weighted by Crippen LogP contribution is 2.44. The van der Waals surface area contributed by atoms with Crippen LogP contribution in [-0.4, -0.2) is 4.98 Å². The predicted octanol–water partition coefficient (Wildman–Crippen LogP) is 5.60. The number of pyridine rings is 1. The second kappa shape index (κ2) is 5.87. The Morgan fingerprint density at radius 3 is 2.45 bits per heavy atom. The van der Waals surface area contributed by atoms with Gasteiger partial charge in [-0.15, -0.1) is 0 Å². The molecule has 1 heteroatoms. The van der Waals surface area contributed by atoms with Gasteiger partial charge in [0.1, 0.15) is 0 Å². The van der Waals surface area contributed by atoms with E-state index in [1.807, 2.05) is 12.3 Å². The van der Waals surface area contributed by atoms with Crippen molar-refractivity contribution in [2.45, 2.75) is 72.1 Å². The largest absolute Gasteiger partial charge is 0.261 e. The Morgan fingerprint density at radius 1 is 1.10 bits per heavy atom. The molecule has 0 bridgehead atoms. The Morgan fingerprint density at radius 2 is 1.85 bits per heavy atom. The highest BCUT2D eigenvalue weighted by Gasteiger charge is 2.34. The molecular formula is C19H31N. The molecule has 1 fully saturated rings. The van der Waals surface area contributed by atoms with E-state index in [2.05, 4.69) is 51.7 Å². The monoisotopic (exact) mass is 273 g/mol. The zero-order valence-corrected chi connectivity index (χ0v) is 13.9. The van der Waals surface area contributed by atoms with Crippen LogP contribution in [0.2, 0.25) is 0 Å². The smallest absolute Gasteiger partial charge is 0.0459 e. The Labute approximate surface area is 125 Å². The summed E-state index contributed by atoms with van der Waals surface area (Å²) in [7, 11) is 0. The van der Waals surface area contributed by atoms with Crippen LogP contribution in [0.5, 0.6) is 0 Å². The molecule has 0 N–H and O–H groups in total. The van der Waals surface area contributed by atoms with Gasteiger partial charge in [-0.25, -0.2) is 0 Å². The Kier molecular flexibility index (Phi) is 4.56. The van der Waals surface area contributed by atoms with Gasteiger partial charge in [0.25, 0.3) is 0 Å². The maximum absolute atomic E-state index is 4.58. The van der Waals surface area contributed by atoms with E-state index in [-0.39, 0.29) is 5.41 Å². The summed E-state index contributed by atoms with van der Waals surface area (Å²) in [5.41, 5.74) is 1.91. The lowest BCUT2D eigenvalue weighted by molar-refractivity contribution is 0.126. The van der Waals surface area contributed by atoms with Crippen LogP contribution in [0.1, 0.15) is 72.4 Å². The zero-order chi connectivity index (χ0) is 14.8. The Balaban J connectivity index is 2.02. The second-order valence-corrected chi connectivity index (χ2v) is 8.40. The minimum absolute atomic E-state index is 0.200.